The third kappa shape index (κ3) is 7.58. The molecular weight excluding hydrogens is 537 g/mol. The molecule has 2 N–H and O–H groups in total. The topological polar surface area (TPSA) is 115 Å². The van der Waals surface area contributed by atoms with Gasteiger partial charge < -0.3 is 19.9 Å². The highest BCUT2D eigenvalue weighted by Crippen LogP contribution is 2.24. The van der Waals surface area contributed by atoms with E-state index in [1.54, 1.807) is 60.9 Å². The molecule has 0 saturated carbocycles. The summed E-state index contributed by atoms with van der Waals surface area (Å²) in [7, 11) is 0. The lowest BCUT2D eigenvalue weighted by Gasteiger charge is -2.16. The van der Waals surface area contributed by atoms with Crippen LogP contribution in [0.1, 0.15) is 46.4 Å². The van der Waals surface area contributed by atoms with Crippen LogP contribution >= 0.6 is 35.0 Å². The van der Waals surface area contributed by atoms with Crippen molar-refractivity contribution in [2.75, 3.05) is 17.7 Å². The maximum absolute atomic E-state index is 12.7. The molecule has 194 valence electrons. The third-order valence-corrected chi connectivity index (χ3v) is 6.47. The molecule has 0 fully saturated rings. The van der Waals surface area contributed by atoms with Gasteiger partial charge in [-0.1, -0.05) is 47.1 Å². The van der Waals surface area contributed by atoms with E-state index in [9.17, 15) is 14.4 Å². The van der Waals surface area contributed by atoms with Gasteiger partial charge in [-0.15, -0.1) is 16.8 Å². The lowest BCUT2D eigenvalue weighted by molar-refractivity contribution is -0.113. The fraction of sp³-hybridized carbons (Fsp3) is 0.240. The zero-order chi connectivity index (χ0) is 26.9. The van der Waals surface area contributed by atoms with Gasteiger partial charge in [-0.25, -0.2) is 4.79 Å². The number of hydrogen-bond acceptors (Lipinski definition) is 7. The van der Waals surface area contributed by atoms with Gasteiger partial charge >= 0.3 is 5.97 Å². The minimum atomic E-state index is -0.513. The standard InChI is InChI=1S/C25H25Cl2N5O4S/c1-4-11-32-22(15(3)28-23(34)19-10-9-17(26)13-20(19)27)30-31-25(32)37-14-21(33)29-18-8-6-7-16(12-18)24(35)36-5-2/h4,6-10,12-13,15H,1,5,11,14H2,2-3H3,(H,28,34)(H,29,33)/t15-/m1/s1. The lowest BCUT2D eigenvalue weighted by atomic mass is 10.2. The molecule has 0 unspecified atom stereocenters. The zero-order valence-corrected chi connectivity index (χ0v) is 22.5. The molecule has 0 aliphatic carbocycles. The van der Waals surface area contributed by atoms with E-state index in [1.807, 2.05) is 0 Å². The second kappa shape index (κ2) is 13.3. The first-order chi connectivity index (χ1) is 17.7. The third-order valence-electron chi connectivity index (χ3n) is 4.96. The smallest absolute Gasteiger partial charge is 0.338 e. The van der Waals surface area contributed by atoms with Gasteiger partial charge in [-0.05, 0) is 50.2 Å². The SMILES string of the molecule is C=CCn1c(SCC(=O)Nc2cccc(C(=O)OCC)c2)nnc1[C@@H](C)NC(=O)c1ccc(Cl)cc1Cl. The summed E-state index contributed by atoms with van der Waals surface area (Å²) in [4.78, 5) is 37.2. The van der Waals surface area contributed by atoms with E-state index in [-0.39, 0.29) is 34.8 Å². The predicted molar refractivity (Wildman–Crippen MR) is 144 cm³/mol. The Morgan fingerprint density at radius 3 is 2.68 bits per heavy atom. The van der Waals surface area contributed by atoms with Crippen molar-refractivity contribution in [3.63, 3.8) is 0 Å². The summed E-state index contributed by atoms with van der Waals surface area (Å²) in [6.45, 7) is 7.89. The van der Waals surface area contributed by atoms with Crippen molar-refractivity contribution in [1.29, 1.82) is 0 Å². The van der Waals surface area contributed by atoms with Crippen LogP contribution < -0.4 is 10.6 Å². The number of anilines is 1. The van der Waals surface area contributed by atoms with Crippen LogP contribution in [0.3, 0.4) is 0 Å². The number of aromatic nitrogens is 3. The van der Waals surface area contributed by atoms with E-state index < -0.39 is 12.0 Å². The second-order valence-corrected chi connectivity index (χ2v) is 9.48. The molecule has 0 spiro atoms. The number of nitrogens with zero attached hydrogens (tertiary/aromatic N) is 3. The minimum absolute atomic E-state index is 0.0417. The summed E-state index contributed by atoms with van der Waals surface area (Å²) in [5, 5.41) is 15.2. The van der Waals surface area contributed by atoms with Gasteiger partial charge in [0.05, 0.1) is 34.6 Å². The van der Waals surface area contributed by atoms with Crippen molar-refractivity contribution in [3.8, 4) is 0 Å². The number of nitrogens with one attached hydrogen (secondary N) is 2. The Bertz CT molecular complexity index is 1310. The first-order valence-electron chi connectivity index (χ1n) is 11.2. The maximum atomic E-state index is 12.7. The number of amides is 2. The van der Waals surface area contributed by atoms with E-state index >= 15 is 0 Å². The maximum Gasteiger partial charge on any atom is 0.338 e. The lowest BCUT2D eigenvalue weighted by Crippen LogP contribution is -2.29. The number of esters is 1. The van der Waals surface area contributed by atoms with Crippen LogP contribution in [0.5, 0.6) is 0 Å². The average Bonchev–Trinajstić information content (AvgIpc) is 3.26. The fourth-order valence-electron chi connectivity index (χ4n) is 3.31. The Kier molecular flexibility index (Phi) is 10.1. The van der Waals surface area contributed by atoms with Gasteiger partial charge in [0.1, 0.15) is 0 Å². The van der Waals surface area contributed by atoms with Crippen LogP contribution in [0.2, 0.25) is 10.0 Å². The highest BCUT2D eigenvalue weighted by molar-refractivity contribution is 7.99. The van der Waals surface area contributed by atoms with Crippen LogP contribution in [0.4, 0.5) is 5.69 Å². The second-order valence-electron chi connectivity index (χ2n) is 7.70. The van der Waals surface area contributed by atoms with Crippen LogP contribution in [-0.4, -0.2) is 44.9 Å². The molecule has 0 aliphatic heterocycles. The van der Waals surface area contributed by atoms with Gasteiger partial charge in [-0.2, -0.15) is 0 Å². The Hall–Kier alpha value is -3.34. The van der Waals surface area contributed by atoms with Crippen LogP contribution in [0, 0.1) is 0 Å². The molecule has 2 aromatic carbocycles. The van der Waals surface area contributed by atoms with Crippen molar-refractivity contribution in [2.24, 2.45) is 0 Å². The number of carbonyl (C=O) groups is 3. The van der Waals surface area contributed by atoms with Crippen LogP contribution in [0.15, 0.2) is 60.3 Å². The van der Waals surface area contributed by atoms with E-state index in [0.717, 1.165) is 0 Å². The molecule has 0 aliphatic rings. The number of allylic oxidation sites excluding steroid dienone is 1. The highest BCUT2D eigenvalue weighted by Gasteiger charge is 2.21. The molecule has 37 heavy (non-hydrogen) atoms. The van der Waals surface area contributed by atoms with Crippen molar-refractivity contribution in [2.45, 2.75) is 31.6 Å². The molecule has 1 atom stereocenters. The number of hydrogen-bond donors (Lipinski definition) is 2. The normalized spacial score (nSPS) is 11.5. The molecule has 9 nitrogen and oxygen atoms in total. The fourth-order valence-corrected chi connectivity index (χ4v) is 4.56. The number of carbonyl (C=O) groups excluding carboxylic acids is 3. The average molecular weight is 562 g/mol. The molecule has 3 aromatic rings. The summed E-state index contributed by atoms with van der Waals surface area (Å²) in [5.74, 6) is -0.610. The molecular formula is C25H25Cl2N5O4S. The van der Waals surface area contributed by atoms with E-state index in [1.165, 1.54) is 17.8 Å². The Labute approximate surface area is 228 Å². The summed E-state index contributed by atoms with van der Waals surface area (Å²) in [6, 6.07) is 10.6. The summed E-state index contributed by atoms with van der Waals surface area (Å²) >= 11 is 13.2. The molecule has 0 radical (unpaired) electrons. The number of ether oxygens (including phenoxy) is 1. The molecule has 3 rings (SSSR count). The number of thioether (sulfide) groups is 1. The minimum Gasteiger partial charge on any atom is -0.462 e. The predicted octanol–water partition coefficient (Wildman–Crippen LogP) is 5.17. The Morgan fingerprint density at radius 2 is 1.97 bits per heavy atom. The van der Waals surface area contributed by atoms with Crippen molar-refractivity contribution >= 4 is 58.4 Å². The van der Waals surface area contributed by atoms with Crippen LogP contribution in [0.25, 0.3) is 0 Å². The summed E-state index contributed by atoms with van der Waals surface area (Å²) in [6.07, 6.45) is 1.67. The molecule has 1 aromatic heterocycles. The number of halogens is 2. The van der Waals surface area contributed by atoms with Gasteiger partial charge in [-0.3, -0.25) is 9.59 Å². The van der Waals surface area contributed by atoms with Crippen LogP contribution in [-0.2, 0) is 16.1 Å². The Balaban J connectivity index is 1.66. The first-order valence-corrected chi connectivity index (χ1v) is 13.0. The molecule has 12 heteroatoms. The highest BCUT2D eigenvalue weighted by atomic mass is 35.5. The van der Waals surface area contributed by atoms with Crippen molar-refractivity contribution in [1.82, 2.24) is 20.1 Å². The van der Waals surface area contributed by atoms with Gasteiger partial charge in [0, 0.05) is 17.3 Å². The van der Waals surface area contributed by atoms with E-state index in [0.29, 0.717) is 33.8 Å². The Morgan fingerprint density at radius 1 is 1.19 bits per heavy atom. The first kappa shape index (κ1) is 28.2. The number of benzene rings is 2. The monoisotopic (exact) mass is 561 g/mol. The van der Waals surface area contributed by atoms with E-state index in [4.69, 9.17) is 27.9 Å². The molecule has 0 saturated heterocycles. The van der Waals surface area contributed by atoms with Crippen molar-refractivity contribution < 1.29 is 19.1 Å². The van der Waals surface area contributed by atoms with Gasteiger partial charge in [0.2, 0.25) is 5.91 Å². The molecule has 1 heterocycles. The molecule has 0 bridgehead atoms. The van der Waals surface area contributed by atoms with Crippen molar-refractivity contribution in [3.05, 3.63) is 82.1 Å². The summed E-state index contributed by atoms with van der Waals surface area (Å²) in [5.41, 5.74) is 1.10. The quantitative estimate of drug-likeness (QED) is 0.188. The van der Waals surface area contributed by atoms with E-state index in [2.05, 4.69) is 27.4 Å². The van der Waals surface area contributed by atoms with Gasteiger partial charge in [0.15, 0.2) is 11.0 Å². The summed E-state index contributed by atoms with van der Waals surface area (Å²) < 4.78 is 6.76. The zero-order valence-electron chi connectivity index (χ0n) is 20.2. The number of rotatable bonds is 11. The largest absolute Gasteiger partial charge is 0.462 e. The molecule has 2 amide bonds. The van der Waals surface area contributed by atoms with Gasteiger partial charge in [0.25, 0.3) is 5.91 Å².